The van der Waals surface area contributed by atoms with Gasteiger partial charge in [-0.2, -0.15) is 0 Å². The van der Waals surface area contributed by atoms with Gasteiger partial charge in [0, 0.05) is 39.8 Å². The van der Waals surface area contributed by atoms with Gasteiger partial charge >= 0.3 is 0 Å². The molecule has 3 aliphatic rings. The minimum Gasteiger partial charge on any atom is -0.478 e. The quantitative estimate of drug-likeness (QED) is 0.724. The highest BCUT2D eigenvalue weighted by molar-refractivity contribution is 5.97. The van der Waals surface area contributed by atoms with Crippen LogP contribution in [-0.2, 0) is 11.3 Å². The molecule has 5 rings (SSSR count). The van der Waals surface area contributed by atoms with Gasteiger partial charge in [-0.1, -0.05) is 18.9 Å². The van der Waals surface area contributed by atoms with Crippen LogP contribution in [0.4, 0.5) is 11.4 Å². The first-order valence-electron chi connectivity index (χ1n) is 11.3. The molecule has 2 amide bonds. The van der Waals surface area contributed by atoms with Gasteiger partial charge in [0.2, 0.25) is 0 Å². The number of hydrogen-bond donors (Lipinski definition) is 2. The van der Waals surface area contributed by atoms with Gasteiger partial charge in [-0.05, 0) is 42.2 Å². The summed E-state index contributed by atoms with van der Waals surface area (Å²) in [6, 6.07) is 9.84. The van der Waals surface area contributed by atoms with Crippen LogP contribution in [0.2, 0.25) is 0 Å². The summed E-state index contributed by atoms with van der Waals surface area (Å²) in [5, 5.41) is 5.63. The molecule has 8 heteroatoms. The van der Waals surface area contributed by atoms with E-state index in [9.17, 15) is 9.59 Å². The van der Waals surface area contributed by atoms with Crippen LogP contribution in [0, 0.1) is 5.92 Å². The second-order valence-electron chi connectivity index (χ2n) is 8.85. The highest BCUT2D eigenvalue weighted by Gasteiger charge is 2.34. The van der Waals surface area contributed by atoms with Crippen molar-refractivity contribution in [2.45, 2.75) is 31.9 Å². The number of benzene rings is 1. The summed E-state index contributed by atoms with van der Waals surface area (Å²) >= 11 is 0. The molecule has 3 heterocycles. The number of pyridine rings is 1. The summed E-state index contributed by atoms with van der Waals surface area (Å²) in [5.41, 5.74) is 3.41. The van der Waals surface area contributed by atoms with Crippen LogP contribution in [0.25, 0.3) is 0 Å². The lowest BCUT2D eigenvalue weighted by molar-refractivity contribution is -0.124. The fourth-order valence-corrected chi connectivity index (χ4v) is 4.37. The highest BCUT2D eigenvalue weighted by atomic mass is 16.5. The number of rotatable bonds is 6. The first kappa shape index (κ1) is 20.8. The van der Waals surface area contributed by atoms with E-state index in [0.717, 1.165) is 56.3 Å². The summed E-state index contributed by atoms with van der Waals surface area (Å²) in [7, 11) is 1.60. The van der Waals surface area contributed by atoms with Crippen molar-refractivity contribution in [1.82, 2.24) is 15.2 Å². The number of carbonyl (C=O) groups is 2. The predicted molar refractivity (Wildman–Crippen MR) is 122 cm³/mol. The van der Waals surface area contributed by atoms with Crippen LogP contribution in [-0.4, -0.2) is 61.0 Å². The summed E-state index contributed by atoms with van der Waals surface area (Å²) in [4.78, 5) is 33.0. The smallest absolute Gasteiger partial charge is 0.269 e. The van der Waals surface area contributed by atoms with E-state index in [1.165, 1.54) is 18.4 Å². The number of hydrogen-bond acceptors (Lipinski definition) is 6. The Morgan fingerprint density at radius 1 is 1.19 bits per heavy atom. The Morgan fingerprint density at radius 3 is 2.69 bits per heavy atom. The monoisotopic (exact) mass is 435 g/mol. The zero-order valence-electron chi connectivity index (χ0n) is 18.3. The van der Waals surface area contributed by atoms with E-state index in [1.807, 2.05) is 18.2 Å². The predicted octanol–water partition coefficient (Wildman–Crippen LogP) is 2.26. The molecule has 0 spiro atoms. The Balaban J connectivity index is 1.16. The van der Waals surface area contributed by atoms with Gasteiger partial charge < -0.3 is 20.3 Å². The van der Waals surface area contributed by atoms with E-state index >= 15 is 0 Å². The Hall–Kier alpha value is -3.13. The lowest BCUT2D eigenvalue weighted by Gasteiger charge is -2.36. The molecule has 0 radical (unpaired) electrons. The average Bonchev–Trinajstić information content (AvgIpc) is 3.64. The fourth-order valence-electron chi connectivity index (χ4n) is 4.37. The maximum absolute atomic E-state index is 12.4. The molecule has 0 unspecified atom stereocenters. The van der Waals surface area contributed by atoms with E-state index in [1.54, 1.807) is 19.3 Å². The molecule has 168 valence electrons. The summed E-state index contributed by atoms with van der Waals surface area (Å²) < 4.78 is 5.97. The van der Waals surface area contributed by atoms with Crippen LogP contribution < -0.4 is 20.3 Å². The van der Waals surface area contributed by atoms with Crippen molar-refractivity contribution in [2.75, 3.05) is 43.4 Å². The van der Waals surface area contributed by atoms with Crippen molar-refractivity contribution >= 4 is 23.2 Å². The van der Waals surface area contributed by atoms with E-state index < -0.39 is 0 Å². The van der Waals surface area contributed by atoms with Crippen molar-refractivity contribution in [1.29, 1.82) is 0 Å². The van der Waals surface area contributed by atoms with Crippen molar-refractivity contribution in [3.63, 3.8) is 0 Å². The molecular formula is C24H29N5O3. The van der Waals surface area contributed by atoms with Crippen molar-refractivity contribution in [3.8, 4) is 5.75 Å². The average molecular weight is 436 g/mol. The number of fused-ring (bicyclic) bond motifs is 1. The third kappa shape index (κ3) is 4.55. The molecule has 1 atom stereocenters. The Bertz CT molecular complexity index is 997. The van der Waals surface area contributed by atoms with Gasteiger partial charge in [0.1, 0.15) is 11.4 Å². The molecule has 1 aliphatic carbocycles. The number of aromatic nitrogens is 1. The molecule has 2 aromatic rings. The second-order valence-corrected chi connectivity index (χ2v) is 8.85. The summed E-state index contributed by atoms with van der Waals surface area (Å²) in [5.74, 6) is 1.23. The molecule has 1 aromatic heterocycles. The van der Waals surface area contributed by atoms with E-state index in [4.69, 9.17) is 4.74 Å². The topological polar surface area (TPSA) is 86.8 Å². The Labute approximate surface area is 187 Å². The van der Waals surface area contributed by atoms with Crippen molar-refractivity contribution < 1.29 is 14.3 Å². The number of ether oxygens (including phenoxy) is 1. The third-order valence-corrected chi connectivity index (χ3v) is 6.46. The minimum absolute atomic E-state index is 0.0220. The number of piperazine rings is 1. The standard InChI is InChI=1S/C24H29N5O3/c1-25-23(30)19-6-5-18(14-26-19)29-10-8-28(9-11-29)15-17-4-7-21-20(12-17)27-24(31)22(32-21)13-16-2-3-16/h4-7,12,14,16,22H,2-3,8-11,13,15H2,1H3,(H,25,30)(H,27,31)/t22-/m1/s1. The highest BCUT2D eigenvalue weighted by Crippen LogP contribution is 2.38. The van der Waals surface area contributed by atoms with E-state index in [0.29, 0.717) is 11.6 Å². The molecule has 2 N–H and O–H groups in total. The SMILES string of the molecule is CNC(=O)c1ccc(N2CCN(Cc3ccc4c(c3)NC(=O)[C@@H](CC3CC3)O4)CC2)cn1. The van der Waals surface area contributed by atoms with E-state index in [-0.39, 0.29) is 17.9 Å². The van der Waals surface area contributed by atoms with Gasteiger partial charge in [-0.3, -0.25) is 14.5 Å². The molecule has 1 saturated heterocycles. The van der Waals surface area contributed by atoms with Crippen LogP contribution in [0.1, 0.15) is 35.3 Å². The lowest BCUT2D eigenvalue weighted by atomic mass is 10.1. The molecule has 2 fully saturated rings. The van der Waals surface area contributed by atoms with Gasteiger partial charge in [-0.25, -0.2) is 4.98 Å². The number of carbonyl (C=O) groups excluding carboxylic acids is 2. The Morgan fingerprint density at radius 2 is 2.00 bits per heavy atom. The summed E-state index contributed by atoms with van der Waals surface area (Å²) in [6.07, 6.45) is 4.66. The molecule has 2 aliphatic heterocycles. The Kier molecular flexibility index (Phi) is 5.70. The molecule has 1 saturated carbocycles. The fraction of sp³-hybridized carbons (Fsp3) is 0.458. The number of nitrogens with zero attached hydrogens (tertiary/aromatic N) is 3. The molecule has 1 aromatic carbocycles. The molecule has 0 bridgehead atoms. The number of anilines is 2. The molecule has 32 heavy (non-hydrogen) atoms. The first-order valence-corrected chi connectivity index (χ1v) is 11.3. The van der Waals surface area contributed by atoms with Gasteiger partial charge in [0.15, 0.2) is 6.10 Å². The molecule has 8 nitrogen and oxygen atoms in total. The zero-order chi connectivity index (χ0) is 22.1. The number of nitrogens with one attached hydrogen (secondary N) is 2. The first-order chi connectivity index (χ1) is 15.6. The van der Waals surface area contributed by atoms with Crippen LogP contribution in [0.5, 0.6) is 5.75 Å². The zero-order valence-corrected chi connectivity index (χ0v) is 18.3. The maximum Gasteiger partial charge on any atom is 0.269 e. The van der Waals surface area contributed by atoms with Crippen molar-refractivity contribution in [2.24, 2.45) is 5.92 Å². The van der Waals surface area contributed by atoms with Crippen LogP contribution in [0.15, 0.2) is 36.5 Å². The van der Waals surface area contributed by atoms with Gasteiger partial charge in [0.05, 0.1) is 17.6 Å². The minimum atomic E-state index is -0.353. The largest absolute Gasteiger partial charge is 0.478 e. The third-order valence-electron chi connectivity index (χ3n) is 6.46. The van der Waals surface area contributed by atoms with Gasteiger partial charge in [-0.15, -0.1) is 0 Å². The summed E-state index contributed by atoms with van der Waals surface area (Å²) in [6.45, 7) is 4.49. The normalized spacial score (nSPS) is 20.8. The van der Waals surface area contributed by atoms with E-state index in [2.05, 4.69) is 31.5 Å². The van der Waals surface area contributed by atoms with Crippen LogP contribution in [0.3, 0.4) is 0 Å². The van der Waals surface area contributed by atoms with Gasteiger partial charge in [0.25, 0.3) is 11.8 Å². The second kappa shape index (κ2) is 8.78. The van der Waals surface area contributed by atoms with Crippen LogP contribution >= 0.6 is 0 Å². The lowest BCUT2D eigenvalue weighted by Crippen LogP contribution is -2.46. The van der Waals surface area contributed by atoms with Crippen molar-refractivity contribution in [3.05, 3.63) is 47.8 Å². The molecular weight excluding hydrogens is 406 g/mol. The number of amides is 2. The maximum atomic E-state index is 12.4.